The lowest BCUT2D eigenvalue weighted by atomic mass is 10.0. The Labute approximate surface area is 122 Å². The van der Waals surface area contributed by atoms with Gasteiger partial charge in [-0.15, -0.1) is 0 Å². The molecular formula is C15H19BrN2O. The van der Waals surface area contributed by atoms with E-state index in [1.165, 1.54) is 0 Å². The Morgan fingerprint density at radius 1 is 1.11 bits per heavy atom. The smallest absolute Gasteiger partial charge is 0.227 e. The molecule has 3 fully saturated rings. The molecule has 0 spiro atoms. The molecule has 3 heterocycles. The summed E-state index contributed by atoms with van der Waals surface area (Å²) in [5.41, 5.74) is 1.10. The molecule has 0 radical (unpaired) electrons. The average Bonchev–Trinajstić information content (AvgIpc) is 2.75. The summed E-state index contributed by atoms with van der Waals surface area (Å²) >= 11 is 3.42. The fourth-order valence-corrected chi connectivity index (χ4v) is 3.36. The van der Waals surface area contributed by atoms with E-state index in [1.807, 2.05) is 24.3 Å². The zero-order chi connectivity index (χ0) is 13.2. The first-order valence-corrected chi connectivity index (χ1v) is 7.78. The van der Waals surface area contributed by atoms with E-state index < -0.39 is 0 Å². The van der Waals surface area contributed by atoms with Crippen molar-refractivity contribution in [1.82, 2.24) is 9.80 Å². The molecule has 3 nitrogen and oxygen atoms in total. The molecule has 3 aliphatic heterocycles. The number of halogens is 1. The first-order valence-electron chi connectivity index (χ1n) is 6.98. The number of piperidine rings is 1. The van der Waals surface area contributed by atoms with Gasteiger partial charge in [-0.05, 0) is 30.5 Å². The molecule has 1 aromatic carbocycles. The first kappa shape index (κ1) is 13.1. The number of amides is 1. The maximum Gasteiger partial charge on any atom is 0.227 e. The van der Waals surface area contributed by atoms with Crippen LogP contribution in [0.3, 0.4) is 0 Å². The van der Waals surface area contributed by atoms with Gasteiger partial charge in [-0.2, -0.15) is 0 Å². The highest BCUT2D eigenvalue weighted by Crippen LogP contribution is 2.21. The number of hydrogen-bond donors (Lipinski definition) is 0. The molecular weight excluding hydrogens is 304 g/mol. The number of fused-ring (bicyclic) bond motifs is 4. The van der Waals surface area contributed by atoms with E-state index >= 15 is 0 Å². The number of rotatable bonds is 2. The van der Waals surface area contributed by atoms with Gasteiger partial charge in [0.05, 0.1) is 6.42 Å². The molecule has 0 N–H and O–H groups in total. The third-order valence-corrected chi connectivity index (χ3v) is 4.77. The van der Waals surface area contributed by atoms with Crippen LogP contribution in [-0.2, 0) is 11.2 Å². The minimum absolute atomic E-state index is 0.288. The molecule has 0 aromatic heterocycles. The summed E-state index contributed by atoms with van der Waals surface area (Å²) in [4.78, 5) is 17.1. The summed E-state index contributed by atoms with van der Waals surface area (Å²) in [6, 6.07) is 8.54. The minimum Gasteiger partial charge on any atom is -0.338 e. The van der Waals surface area contributed by atoms with Crippen molar-refractivity contribution < 1.29 is 4.79 Å². The number of hydrogen-bond acceptors (Lipinski definition) is 2. The largest absolute Gasteiger partial charge is 0.338 e. The highest BCUT2D eigenvalue weighted by atomic mass is 79.9. The minimum atomic E-state index is 0.288. The second kappa shape index (κ2) is 5.63. The van der Waals surface area contributed by atoms with Gasteiger partial charge in [0.1, 0.15) is 0 Å². The first-order chi connectivity index (χ1) is 9.22. The lowest BCUT2D eigenvalue weighted by molar-refractivity contribution is -0.132. The van der Waals surface area contributed by atoms with Crippen molar-refractivity contribution >= 4 is 21.8 Å². The van der Waals surface area contributed by atoms with E-state index in [0.29, 0.717) is 12.5 Å². The predicted molar refractivity (Wildman–Crippen MR) is 79.0 cm³/mol. The van der Waals surface area contributed by atoms with E-state index in [9.17, 15) is 4.79 Å². The Morgan fingerprint density at radius 2 is 1.79 bits per heavy atom. The van der Waals surface area contributed by atoms with Crippen LogP contribution in [0.2, 0.25) is 0 Å². The van der Waals surface area contributed by atoms with Crippen molar-refractivity contribution in [2.24, 2.45) is 0 Å². The fraction of sp³-hybridized carbons (Fsp3) is 0.533. The van der Waals surface area contributed by atoms with Crippen LogP contribution in [0.15, 0.2) is 28.7 Å². The lowest BCUT2D eigenvalue weighted by Crippen LogP contribution is -2.42. The molecule has 0 unspecified atom stereocenters. The average molecular weight is 323 g/mol. The van der Waals surface area contributed by atoms with Gasteiger partial charge in [0.15, 0.2) is 0 Å². The van der Waals surface area contributed by atoms with Crippen molar-refractivity contribution in [1.29, 1.82) is 0 Å². The molecule has 19 heavy (non-hydrogen) atoms. The third kappa shape index (κ3) is 3.00. The van der Waals surface area contributed by atoms with E-state index in [4.69, 9.17) is 0 Å². The van der Waals surface area contributed by atoms with Crippen molar-refractivity contribution in [3.63, 3.8) is 0 Å². The van der Waals surface area contributed by atoms with Crippen molar-refractivity contribution in [3.05, 3.63) is 34.3 Å². The maximum absolute atomic E-state index is 12.5. The standard InChI is InChI=1S/C15H19BrN2O/c16-13-3-1-12(2-4-13)11-15(19)18-10-9-17-7-5-14(18)6-8-17/h1-4,14H,5-11H2. The monoisotopic (exact) mass is 322 g/mol. The molecule has 2 bridgehead atoms. The predicted octanol–water partition coefficient (Wildman–Crippen LogP) is 2.30. The van der Waals surface area contributed by atoms with Gasteiger partial charge >= 0.3 is 0 Å². The van der Waals surface area contributed by atoms with E-state index in [-0.39, 0.29) is 5.91 Å². The Kier molecular flexibility index (Phi) is 3.89. The van der Waals surface area contributed by atoms with Crippen molar-refractivity contribution in [2.75, 3.05) is 26.2 Å². The second-order valence-electron chi connectivity index (χ2n) is 5.46. The van der Waals surface area contributed by atoms with E-state index in [2.05, 4.69) is 25.7 Å². The fourth-order valence-electron chi connectivity index (χ4n) is 3.09. The Balaban J connectivity index is 1.68. The SMILES string of the molecule is O=C(Cc1ccc(Br)cc1)N1CCN2CCC1CC2. The summed E-state index contributed by atoms with van der Waals surface area (Å²) < 4.78 is 1.06. The molecule has 0 saturated carbocycles. The maximum atomic E-state index is 12.5. The van der Waals surface area contributed by atoms with Gasteiger partial charge in [0.25, 0.3) is 0 Å². The highest BCUT2D eigenvalue weighted by Gasteiger charge is 2.31. The number of benzene rings is 1. The van der Waals surface area contributed by atoms with Crippen LogP contribution >= 0.6 is 15.9 Å². The summed E-state index contributed by atoms with van der Waals surface area (Å²) in [5.74, 6) is 0.288. The highest BCUT2D eigenvalue weighted by molar-refractivity contribution is 9.10. The van der Waals surface area contributed by atoms with Gasteiger partial charge < -0.3 is 9.80 Å². The normalized spacial score (nSPS) is 26.3. The van der Waals surface area contributed by atoms with Gasteiger partial charge in [-0.25, -0.2) is 0 Å². The molecule has 0 aliphatic carbocycles. The molecule has 102 valence electrons. The number of nitrogens with zero attached hydrogens (tertiary/aromatic N) is 2. The Bertz CT molecular complexity index is 452. The van der Waals surface area contributed by atoms with Crippen LogP contribution in [0.1, 0.15) is 18.4 Å². The molecule has 4 rings (SSSR count). The number of carbonyl (C=O) groups is 1. The van der Waals surface area contributed by atoms with Crippen molar-refractivity contribution in [2.45, 2.75) is 25.3 Å². The van der Waals surface area contributed by atoms with Crippen LogP contribution in [0.4, 0.5) is 0 Å². The van der Waals surface area contributed by atoms with Gasteiger partial charge in [-0.3, -0.25) is 4.79 Å². The van der Waals surface area contributed by atoms with Crippen LogP contribution in [-0.4, -0.2) is 47.9 Å². The summed E-state index contributed by atoms with van der Waals surface area (Å²) in [7, 11) is 0. The summed E-state index contributed by atoms with van der Waals surface area (Å²) in [5, 5.41) is 0. The van der Waals surface area contributed by atoms with Crippen LogP contribution in [0, 0.1) is 0 Å². The van der Waals surface area contributed by atoms with Gasteiger partial charge in [0.2, 0.25) is 5.91 Å². The van der Waals surface area contributed by atoms with Gasteiger partial charge in [0, 0.05) is 36.7 Å². The topological polar surface area (TPSA) is 23.6 Å². The molecule has 1 aromatic rings. The van der Waals surface area contributed by atoms with Gasteiger partial charge in [-0.1, -0.05) is 28.1 Å². The zero-order valence-corrected chi connectivity index (χ0v) is 12.6. The Morgan fingerprint density at radius 3 is 2.47 bits per heavy atom. The van der Waals surface area contributed by atoms with E-state index in [1.54, 1.807) is 0 Å². The van der Waals surface area contributed by atoms with Crippen LogP contribution in [0.5, 0.6) is 0 Å². The Hall–Kier alpha value is -0.870. The third-order valence-electron chi connectivity index (χ3n) is 4.24. The van der Waals surface area contributed by atoms with Crippen LogP contribution < -0.4 is 0 Å². The quantitative estimate of drug-likeness (QED) is 0.834. The molecule has 1 amide bonds. The summed E-state index contributed by atoms with van der Waals surface area (Å²) in [6.07, 6.45) is 2.82. The van der Waals surface area contributed by atoms with Crippen molar-refractivity contribution in [3.8, 4) is 0 Å². The molecule has 4 heteroatoms. The second-order valence-corrected chi connectivity index (χ2v) is 6.38. The van der Waals surface area contributed by atoms with Crippen LogP contribution in [0.25, 0.3) is 0 Å². The summed E-state index contributed by atoms with van der Waals surface area (Å²) in [6.45, 7) is 4.27. The molecule has 3 aliphatic rings. The number of carbonyl (C=O) groups excluding carboxylic acids is 1. The molecule has 3 saturated heterocycles. The van der Waals surface area contributed by atoms with E-state index in [0.717, 1.165) is 49.1 Å². The molecule has 0 atom stereocenters. The zero-order valence-electron chi connectivity index (χ0n) is 11.0. The lowest BCUT2D eigenvalue weighted by Gasteiger charge is -2.31.